The molecule has 0 radical (unpaired) electrons. The van der Waals surface area contributed by atoms with Crippen molar-refractivity contribution in [2.24, 2.45) is 5.92 Å². The van der Waals surface area contributed by atoms with Gasteiger partial charge in [0.2, 0.25) is 0 Å². The molecule has 0 amide bonds. The van der Waals surface area contributed by atoms with Gasteiger partial charge in [0.15, 0.2) is 5.75 Å². The van der Waals surface area contributed by atoms with Crippen molar-refractivity contribution in [3.63, 3.8) is 0 Å². The fourth-order valence-corrected chi connectivity index (χ4v) is 6.95. The molecule has 0 unspecified atom stereocenters. The summed E-state index contributed by atoms with van der Waals surface area (Å²) in [7, 11) is 1.39. The number of aromatic nitrogens is 1. The first-order chi connectivity index (χ1) is 19.9. The van der Waals surface area contributed by atoms with Crippen LogP contribution in [0.2, 0.25) is 0 Å². The van der Waals surface area contributed by atoms with Crippen LogP contribution in [0.15, 0.2) is 77.0 Å². The normalized spacial score (nSPS) is 13.2. The summed E-state index contributed by atoms with van der Waals surface area (Å²) in [5.74, 6) is -0.404. The van der Waals surface area contributed by atoms with Gasteiger partial charge in [-0.05, 0) is 78.8 Å². The number of hydrogen-bond acceptors (Lipinski definition) is 7. The summed E-state index contributed by atoms with van der Waals surface area (Å²) in [4.78, 5) is 15.6. The maximum absolute atomic E-state index is 14.8. The van der Waals surface area contributed by atoms with E-state index in [2.05, 4.69) is 11.0 Å². The first-order valence-corrected chi connectivity index (χ1v) is 14.7. The van der Waals surface area contributed by atoms with Crippen molar-refractivity contribution >= 4 is 57.7 Å². The topological polar surface area (TPSA) is 67.5 Å². The van der Waals surface area contributed by atoms with Crippen LogP contribution >= 0.6 is 35.2 Å². The van der Waals surface area contributed by atoms with Crippen molar-refractivity contribution in [2.75, 3.05) is 25.1 Å². The Balaban J connectivity index is 1.61. The molecule has 3 aromatic carbocycles. The van der Waals surface area contributed by atoms with Crippen molar-refractivity contribution in [3.05, 3.63) is 88.4 Å². The van der Waals surface area contributed by atoms with Crippen LogP contribution < -0.4 is 9.19 Å². The highest BCUT2D eigenvalue weighted by Crippen LogP contribution is 2.49. The molecule has 0 N–H and O–H groups in total. The summed E-state index contributed by atoms with van der Waals surface area (Å²) in [6.45, 7) is 3.08. The van der Waals surface area contributed by atoms with E-state index >= 15 is 0 Å². The molecule has 206 valence electrons. The van der Waals surface area contributed by atoms with Crippen molar-refractivity contribution in [3.8, 4) is 34.2 Å². The van der Waals surface area contributed by atoms with E-state index in [0.717, 1.165) is 21.7 Å². The molecule has 10 heteroatoms. The fourth-order valence-electron chi connectivity index (χ4n) is 5.12. The SMILES string of the molecule is COC(=O)C1CN(c2ccc(OCl)c(-c3c(-c4ccsc4C#N)c4cc(F)ccc4n3Sc3ccc(C)cc3)c2)C1. The number of nitrogens with zero attached hydrogens (tertiary/aromatic N) is 3. The molecule has 0 saturated carbocycles. The lowest BCUT2D eigenvalue weighted by Gasteiger charge is -2.39. The van der Waals surface area contributed by atoms with E-state index in [1.807, 2.05) is 58.7 Å². The highest BCUT2D eigenvalue weighted by molar-refractivity contribution is 7.98. The number of benzene rings is 3. The second kappa shape index (κ2) is 11.1. The van der Waals surface area contributed by atoms with Gasteiger partial charge >= 0.3 is 5.97 Å². The number of methoxy groups -OCH3 is 1. The summed E-state index contributed by atoms with van der Waals surface area (Å²) < 4.78 is 27.1. The molecule has 0 spiro atoms. The van der Waals surface area contributed by atoms with E-state index in [-0.39, 0.29) is 17.7 Å². The molecule has 1 aliphatic heterocycles. The largest absolute Gasteiger partial charge is 0.469 e. The molecule has 0 atom stereocenters. The lowest BCUT2D eigenvalue weighted by atomic mass is 9.96. The van der Waals surface area contributed by atoms with Gasteiger partial charge in [-0.3, -0.25) is 8.77 Å². The number of halogens is 2. The predicted octanol–water partition coefficient (Wildman–Crippen LogP) is 8.05. The molecule has 1 fully saturated rings. The van der Waals surface area contributed by atoms with E-state index in [9.17, 15) is 14.4 Å². The molecule has 6 nitrogen and oxygen atoms in total. The van der Waals surface area contributed by atoms with Gasteiger partial charge < -0.3 is 13.9 Å². The van der Waals surface area contributed by atoms with Gasteiger partial charge in [0.1, 0.15) is 28.6 Å². The number of rotatable bonds is 7. The Morgan fingerprint density at radius 1 is 1.10 bits per heavy atom. The van der Waals surface area contributed by atoms with Crippen molar-refractivity contribution in [2.45, 2.75) is 11.8 Å². The minimum atomic E-state index is -0.381. The average Bonchev–Trinajstić information content (AvgIpc) is 3.55. The van der Waals surface area contributed by atoms with Gasteiger partial charge in [0, 0.05) is 45.7 Å². The average molecular weight is 604 g/mol. The van der Waals surface area contributed by atoms with Crippen molar-refractivity contribution < 1.29 is 18.2 Å². The second-order valence-electron chi connectivity index (χ2n) is 9.74. The van der Waals surface area contributed by atoms with E-state index < -0.39 is 0 Å². The number of hydrogen-bond donors (Lipinski definition) is 0. The van der Waals surface area contributed by atoms with Gasteiger partial charge in [-0.25, -0.2) is 4.39 Å². The fraction of sp³-hybridized carbons (Fsp3) is 0.161. The van der Waals surface area contributed by atoms with Crippen LogP contribution in [-0.4, -0.2) is 30.1 Å². The van der Waals surface area contributed by atoms with Gasteiger partial charge in [-0.1, -0.05) is 17.7 Å². The molecule has 2 aromatic heterocycles. The lowest BCUT2D eigenvalue weighted by molar-refractivity contribution is -0.146. The third-order valence-electron chi connectivity index (χ3n) is 7.22. The first-order valence-electron chi connectivity index (χ1n) is 12.7. The van der Waals surface area contributed by atoms with Crippen LogP contribution in [0, 0.1) is 30.0 Å². The second-order valence-corrected chi connectivity index (χ2v) is 11.8. The molecule has 6 rings (SSSR count). The third-order valence-corrected chi connectivity index (χ3v) is 9.25. The molecular formula is C31H23ClFN3O3S2. The monoisotopic (exact) mass is 603 g/mol. The Kier molecular flexibility index (Phi) is 7.39. The van der Waals surface area contributed by atoms with Crippen molar-refractivity contribution in [1.29, 1.82) is 5.26 Å². The Bertz CT molecular complexity index is 1820. The minimum absolute atomic E-state index is 0.196. The van der Waals surface area contributed by atoms with Crippen LogP contribution in [0.3, 0.4) is 0 Å². The number of anilines is 1. The molecule has 1 saturated heterocycles. The number of carbonyl (C=O) groups excluding carboxylic acids is 1. The Labute approximate surface area is 249 Å². The molecule has 3 heterocycles. The van der Waals surface area contributed by atoms with E-state index in [0.29, 0.717) is 51.5 Å². The standard InChI is InChI=1S/C31H23ClFN3O3S2/c1-18-3-7-22(8-4-18)41-36-26-9-5-20(33)13-24(26)29(23-11-12-40-28(23)15-34)30(36)25-14-21(6-10-27(25)39-32)35-16-19(17-35)31(37)38-2/h3-14,19H,16-17H2,1-2H3. The van der Waals surface area contributed by atoms with E-state index in [4.69, 9.17) is 20.9 Å². The number of carbonyl (C=O) groups is 1. The number of esters is 1. The molecule has 0 aliphatic carbocycles. The van der Waals surface area contributed by atoms with E-state index in [1.54, 1.807) is 12.1 Å². The Morgan fingerprint density at radius 2 is 1.88 bits per heavy atom. The number of thiophene rings is 1. The number of ether oxygens (including phenoxy) is 1. The highest BCUT2D eigenvalue weighted by atomic mass is 35.5. The lowest BCUT2D eigenvalue weighted by Crippen LogP contribution is -2.50. The quantitative estimate of drug-likeness (QED) is 0.175. The molecule has 0 bridgehead atoms. The smallest absolute Gasteiger partial charge is 0.312 e. The van der Waals surface area contributed by atoms with Crippen molar-refractivity contribution in [1.82, 2.24) is 3.97 Å². The molecule has 41 heavy (non-hydrogen) atoms. The van der Waals surface area contributed by atoms with Gasteiger partial charge in [0.25, 0.3) is 0 Å². The molecular weight excluding hydrogens is 581 g/mol. The Hall–Kier alpha value is -3.97. The zero-order valence-corrected chi connectivity index (χ0v) is 24.4. The highest BCUT2D eigenvalue weighted by Gasteiger charge is 2.34. The number of aryl methyl sites for hydroxylation is 1. The van der Waals surface area contributed by atoms with Crippen LogP contribution in [0.25, 0.3) is 33.3 Å². The summed E-state index contributed by atoms with van der Waals surface area (Å²) in [5.41, 5.74) is 5.58. The van der Waals surface area contributed by atoms with Gasteiger partial charge in [0.05, 0.1) is 24.2 Å². The third kappa shape index (κ3) is 4.93. The van der Waals surface area contributed by atoms with Crippen LogP contribution in [0.1, 0.15) is 10.4 Å². The predicted molar refractivity (Wildman–Crippen MR) is 162 cm³/mol. The summed E-state index contributed by atoms with van der Waals surface area (Å²) >= 11 is 8.85. The summed E-state index contributed by atoms with van der Waals surface area (Å²) in [6.07, 6.45) is 0. The number of nitriles is 1. The van der Waals surface area contributed by atoms with Crippen LogP contribution in [-0.2, 0) is 9.53 Å². The maximum Gasteiger partial charge on any atom is 0.312 e. The van der Waals surface area contributed by atoms with Crippen LogP contribution in [0.4, 0.5) is 10.1 Å². The Morgan fingerprint density at radius 3 is 2.59 bits per heavy atom. The summed E-state index contributed by atoms with van der Waals surface area (Å²) in [5, 5.41) is 12.5. The molecule has 1 aliphatic rings. The van der Waals surface area contributed by atoms with E-state index in [1.165, 1.54) is 42.5 Å². The molecule has 5 aromatic rings. The first kappa shape index (κ1) is 27.2. The van der Waals surface area contributed by atoms with Gasteiger partial charge in [-0.15, -0.1) is 11.3 Å². The maximum atomic E-state index is 14.8. The number of fused-ring (bicyclic) bond motifs is 1. The van der Waals surface area contributed by atoms with Gasteiger partial charge in [-0.2, -0.15) is 5.26 Å². The zero-order chi connectivity index (χ0) is 28.7. The van der Waals surface area contributed by atoms with Crippen LogP contribution in [0.5, 0.6) is 5.75 Å². The minimum Gasteiger partial charge on any atom is -0.469 e. The summed E-state index contributed by atoms with van der Waals surface area (Å²) in [6, 6.07) is 22.6. The zero-order valence-electron chi connectivity index (χ0n) is 22.1.